The highest BCUT2D eigenvalue weighted by Crippen LogP contribution is 2.27. The van der Waals surface area contributed by atoms with Gasteiger partial charge in [0.15, 0.2) is 5.82 Å². The zero-order valence-corrected chi connectivity index (χ0v) is 17.1. The maximum absolute atomic E-state index is 12.7. The molecule has 1 N–H and O–H groups in total. The minimum absolute atomic E-state index is 0.129. The van der Waals surface area contributed by atoms with Crippen LogP contribution in [-0.2, 0) is 4.74 Å². The number of aliphatic imine (C=N–C) groups is 1. The van der Waals surface area contributed by atoms with Crippen molar-refractivity contribution in [1.82, 2.24) is 24.3 Å². The maximum Gasteiger partial charge on any atom is 0.410 e. The molecule has 2 aromatic heterocycles. The van der Waals surface area contributed by atoms with Crippen molar-refractivity contribution in [1.29, 1.82) is 0 Å². The average molecular weight is 388 g/mol. The van der Waals surface area contributed by atoms with E-state index in [1.54, 1.807) is 33.0 Å². The molecule has 1 aliphatic rings. The minimum Gasteiger partial charge on any atom is -0.444 e. The summed E-state index contributed by atoms with van der Waals surface area (Å²) in [6.45, 7) is 6.60. The molecule has 3 heterocycles. The average Bonchev–Trinajstić information content (AvgIpc) is 2.95. The number of rotatable bonds is 3. The van der Waals surface area contributed by atoms with Gasteiger partial charge in [-0.2, -0.15) is 0 Å². The van der Waals surface area contributed by atoms with E-state index in [0.29, 0.717) is 24.4 Å². The SMILES string of the molecule is CN(C)/C=N/c1nccc2c1[nH]c(=O)n2[C@@H]1CCCN(C(=O)OC(C)(C)C)C1. The Hall–Kier alpha value is -2.84. The van der Waals surface area contributed by atoms with Gasteiger partial charge in [0.2, 0.25) is 0 Å². The van der Waals surface area contributed by atoms with E-state index in [0.717, 1.165) is 18.4 Å². The first-order valence-corrected chi connectivity index (χ1v) is 9.43. The number of carbonyl (C=O) groups is 1. The number of aromatic amines is 1. The number of hydrogen-bond donors (Lipinski definition) is 1. The number of H-pyrrole nitrogens is 1. The lowest BCUT2D eigenvalue weighted by molar-refractivity contribution is 0.0173. The molecule has 0 radical (unpaired) electrons. The van der Waals surface area contributed by atoms with Gasteiger partial charge in [0.25, 0.3) is 0 Å². The molecule has 28 heavy (non-hydrogen) atoms. The van der Waals surface area contributed by atoms with Crippen molar-refractivity contribution in [2.24, 2.45) is 4.99 Å². The Morgan fingerprint density at radius 1 is 1.43 bits per heavy atom. The summed E-state index contributed by atoms with van der Waals surface area (Å²) in [5.41, 5.74) is 0.564. The summed E-state index contributed by atoms with van der Waals surface area (Å²) in [4.78, 5) is 40.1. The van der Waals surface area contributed by atoms with Crippen LogP contribution in [0.1, 0.15) is 39.7 Å². The van der Waals surface area contributed by atoms with Crippen molar-refractivity contribution in [2.75, 3.05) is 27.2 Å². The molecule has 0 unspecified atom stereocenters. The van der Waals surface area contributed by atoms with Crippen LogP contribution < -0.4 is 5.69 Å². The van der Waals surface area contributed by atoms with Gasteiger partial charge in [0, 0.05) is 33.4 Å². The van der Waals surface area contributed by atoms with Crippen LogP contribution in [0.4, 0.5) is 10.6 Å². The second kappa shape index (κ2) is 7.65. The molecule has 1 aliphatic heterocycles. The molecule has 9 heteroatoms. The van der Waals surface area contributed by atoms with Crippen LogP contribution in [0.2, 0.25) is 0 Å². The fraction of sp³-hybridized carbons (Fsp3) is 0.579. The zero-order chi connectivity index (χ0) is 20.5. The minimum atomic E-state index is -0.549. The van der Waals surface area contributed by atoms with E-state index in [4.69, 9.17) is 4.74 Å². The number of nitrogens with one attached hydrogen (secondary N) is 1. The van der Waals surface area contributed by atoms with Gasteiger partial charge in [0.1, 0.15) is 11.1 Å². The summed E-state index contributed by atoms with van der Waals surface area (Å²) in [6.07, 6.45) is 4.55. The molecule has 3 rings (SSSR count). The number of aromatic nitrogens is 3. The van der Waals surface area contributed by atoms with Crippen molar-refractivity contribution < 1.29 is 9.53 Å². The lowest BCUT2D eigenvalue weighted by Gasteiger charge is -2.34. The lowest BCUT2D eigenvalue weighted by Crippen LogP contribution is -2.44. The van der Waals surface area contributed by atoms with Crippen LogP contribution in [-0.4, -0.2) is 69.6 Å². The van der Waals surface area contributed by atoms with Gasteiger partial charge >= 0.3 is 11.8 Å². The van der Waals surface area contributed by atoms with Crippen LogP contribution in [0.3, 0.4) is 0 Å². The first-order valence-electron chi connectivity index (χ1n) is 9.43. The summed E-state index contributed by atoms with van der Waals surface area (Å²) >= 11 is 0. The Labute approximate surface area is 164 Å². The quantitative estimate of drug-likeness (QED) is 0.644. The molecule has 0 spiro atoms. The number of pyridine rings is 1. The van der Waals surface area contributed by atoms with Crippen molar-refractivity contribution in [3.8, 4) is 0 Å². The molecular formula is C19H28N6O3. The van der Waals surface area contributed by atoms with Crippen molar-refractivity contribution in [2.45, 2.75) is 45.3 Å². The third kappa shape index (κ3) is 4.35. The molecule has 1 saturated heterocycles. The highest BCUT2D eigenvalue weighted by atomic mass is 16.6. The van der Waals surface area contributed by atoms with Gasteiger partial charge in [-0.3, -0.25) is 4.57 Å². The predicted molar refractivity (Wildman–Crippen MR) is 108 cm³/mol. The molecule has 9 nitrogen and oxygen atoms in total. The first-order chi connectivity index (χ1) is 13.2. The Morgan fingerprint density at radius 3 is 2.86 bits per heavy atom. The Balaban J connectivity index is 1.91. The van der Waals surface area contributed by atoms with E-state index < -0.39 is 5.60 Å². The topological polar surface area (TPSA) is 95.8 Å². The molecule has 2 aromatic rings. The van der Waals surface area contributed by atoms with Gasteiger partial charge < -0.3 is 19.5 Å². The summed E-state index contributed by atoms with van der Waals surface area (Å²) in [7, 11) is 3.73. The fourth-order valence-electron chi connectivity index (χ4n) is 3.33. The van der Waals surface area contributed by atoms with Crippen LogP contribution in [0, 0.1) is 0 Å². The van der Waals surface area contributed by atoms with Gasteiger partial charge in [-0.05, 0) is 39.7 Å². The smallest absolute Gasteiger partial charge is 0.410 e. The van der Waals surface area contributed by atoms with E-state index in [-0.39, 0.29) is 17.8 Å². The Kier molecular flexibility index (Phi) is 5.44. The molecule has 0 aromatic carbocycles. The highest BCUT2D eigenvalue weighted by molar-refractivity contribution is 5.86. The number of fused-ring (bicyclic) bond motifs is 1. The number of ether oxygens (including phenoxy) is 1. The number of hydrogen-bond acceptors (Lipinski definition) is 5. The predicted octanol–water partition coefficient (Wildman–Crippen LogP) is 2.52. The number of nitrogens with zero attached hydrogens (tertiary/aromatic N) is 5. The largest absolute Gasteiger partial charge is 0.444 e. The van der Waals surface area contributed by atoms with Crippen LogP contribution in [0.25, 0.3) is 11.0 Å². The molecule has 1 atom stereocenters. The number of piperidine rings is 1. The second-order valence-electron chi connectivity index (χ2n) is 8.26. The van der Waals surface area contributed by atoms with E-state index in [9.17, 15) is 9.59 Å². The lowest BCUT2D eigenvalue weighted by atomic mass is 10.1. The third-order valence-corrected chi connectivity index (χ3v) is 4.44. The zero-order valence-electron chi connectivity index (χ0n) is 17.1. The second-order valence-corrected chi connectivity index (χ2v) is 8.26. The fourth-order valence-corrected chi connectivity index (χ4v) is 3.33. The summed E-state index contributed by atoms with van der Waals surface area (Å²) in [6, 6.07) is 1.67. The van der Waals surface area contributed by atoms with Crippen LogP contribution in [0.15, 0.2) is 22.1 Å². The van der Waals surface area contributed by atoms with Gasteiger partial charge in [-0.15, -0.1) is 0 Å². The number of carbonyl (C=O) groups excluding carboxylic acids is 1. The Morgan fingerprint density at radius 2 is 2.18 bits per heavy atom. The number of amides is 1. The van der Waals surface area contributed by atoms with E-state index >= 15 is 0 Å². The van der Waals surface area contributed by atoms with E-state index in [2.05, 4.69) is 15.0 Å². The monoisotopic (exact) mass is 388 g/mol. The van der Waals surface area contributed by atoms with E-state index in [1.807, 2.05) is 34.9 Å². The first kappa shape index (κ1) is 19.9. The number of likely N-dealkylation sites (tertiary alicyclic amines) is 1. The van der Waals surface area contributed by atoms with Crippen molar-refractivity contribution >= 4 is 29.3 Å². The molecule has 1 amide bonds. The summed E-state index contributed by atoms with van der Waals surface area (Å²) in [5, 5.41) is 0. The standard InChI is InChI=1S/C19H28N6O3/c1-19(2,3)28-18(27)24-10-6-7-13(11-24)25-14-8-9-20-16(21-12-23(4)5)15(14)22-17(25)26/h8-9,12-13H,6-7,10-11H2,1-5H3,(H,22,26)/b21-12+/t13-/m1/s1. The normalized spacial score (nSPS) is 18.0. The van der Waals surface area contributed by atoms with E-state index in [1.165, 1.54) is 0 Å². The summed E-state index contributed by atoms with van der Waals surface area (Å²) < 4.78 is 7.20. The van der Waals surface area contributed by atoms with Gasteiger partial charge in [-0.25, -0.2) is 19.6 Å². The summed E-state index contributed by atoms with van der Waals surface area (Å²) in [5.74, 6) is 0.460. The third-order valence-electron chi connectivity index (χ3n) is 4.44. The molecule has 0 bridgehead atoms. The number of imidazole rings is 1. The maximum atomic E-state index is 12.7. The molecular weight excluding hydrogens is 360 g/mol. The van der Waals surface area contributed by atoms with Gasteiger partial charge in [-0.1, -0.05) is 0 Å². The van der Waals surface area contributed by atoms with Gasteiger partial charge in [0.05, 0.1) is 17.9 Å². The molecule has 0 saturated carbocycles. The Bertz CT molecular complexity index is 937. The van der Waals surface area contributed by atoms with Crippen molar-refractivity contribution in [3.05, 3.63) is 22.7 Å². The molecule has 152 valence electrons. The molecule has 1 fully saturated rings. The van der Waals surface area contributed by atoms with Crippen LogP contribution in [0.5, 0.6) is 0 Å². The van der Waals surface area contributed by atoms with Crippen molar-refractivity contribution in [3.63, 3.8) is 0 Å². The highest BCUT2D eigenvalue weighted by Gasteiger charge is 2.30. The molecule has 0 aliphatic carbocycles. The van der Waals surface area contributed by atoms with Crippen LogP contribution >= 0.6 is 0 Å².